The lowest BCUT2D eigenvalue weighted by atomic mass is 10.1. The molecule has 10 heteroatoms. The number of hydrogen-bond acceptors (Lipinski definition) is 7. The molecule has 36 heavy (non-hydrogen) atoms. The number of para-hydroxylation sites is 1. The number of carbonyl (C=O) groups is 2. The van der Waals surface area contributed by atoms with Gasteiger partial charge >= 0.3 is 0 Å². The van der Waals surface area contributed by atoms with Gasteiger partial charge in [0.15, 0.2) is 23.0 Å². The molecule has 2 aliphatic rings. The Bertz CT molecular complexity index is 1380. The fraction of sp³-hybridized carbons (Fsp3) is 0.154. The van der Waals surface area contributed by atoms with E-state index in [0.29, 0.717) is 45.8 Å². The third kappa shape index (κ3) is 5.04. The number of hydrogen-bond donors (Lipinski definition) is 0. The van der Waals surface area contributed by atoms with Crippen LogP contribution in [0.5, 0.6) is 23.0 Å². The molecular weight excluding hydrogens is 570 g/mol. The van der Waals surface area contributed by atoms with Crippen LogP contribution in [-0.4, -0.2) is 29.9 Å². The van der Waals surface area contributed by atoms with Crippen LogP contribution in [0.1, 0.15) is 16.7 Å². The Balaban J connectivity index is 1.39. The molecule has 0 radical (unpaired) electrons. The van der Waals surface area contributed by atoms with Crippen LogP contribution in [0, 0.1) is 0 Å². The second-order valence-corrected chi connectivity index (χ2v) is 10.2. The molecule has 2 amide bonds. The summed E-state index contributed by atoms with van der Waals surface area (Å²) in [6.07, 6.45) is 1.64. The van der Waals surface area contributed by atoms with Crippen LogP contribution in [-0.2, 0) is 17.9 Å². The summed E-state index contributed by atoms with van der Waals surface area (Å²) >= 11 is 10.6. The highest BCUT2D eigenvalue weighted by atomic mass is 79.9. The Labute approximate surface area is 225 Å². The number of halogens is 2. The predicted molar refractivity (Wildman–Crippen MR) is 141 cm³/mol. The van der Waals surface area contributed by atoms with Crippen LogP contribution < -0.4 is 18.9 Å². The number of amides is 2. The Morgan fingerprint density at radius 2 is 1.86 bits per heavy atom. The largest absolute Gasteiger partial charge is 0.493 e. The standard InChI is InChI=1S/C26H19BrClNO6S/c1-32-20-4-2-3-16(24(20)33-13-15-5-7-18(27)8-6-15)10-23-25(30)29(26(31)36-23)12-17-9-21-22(11-19(17)28)35-14-34-21/h2-11H,12-14H2,1H3/b23-10-. The number of benzene rings is 3. The minimum absolute atomic E-state index is 0.0164. The predicted octanol–water partition coefficient (Wildman–Crippen LogP) is 6.66. The molecule has 0 saturated carbocycles. The summed E-state index contributed by atoms with van der Waals surface area (Å²) in [4.78, 5) is 27.4. The van der Waals surface area contributed by atoms with E-state index in [4.69, 9.17) is 30.5 Å². The molecule has 0 unspecified atom stereocenters. The number of rotatable bonds is 7. The van der Waals surface area contributed by atoms with Crippen LogP contribution in [0.15, 0.2) is 64.0 Å². The van der Waals surface area contributed by atoms with Gasteiger partial charge in [-0.05, 0) is 53.2 Å². The van der Waals surface area contributed by atoms with Crippen LogP contribution in [0.2, 0.25) is 5.02 Å². The number of carbonyl (C=O) groups excluding carboxylic acids is 2. The summed E-state index contributed by atoms with van der Waals surface area (Å²) in [6.45, 7) is 0.424. The van der Waals surface area contributed by atoms with Crippen molar-refractivity contribution in [1.29, 1.82) is 0 Å². The van der Waals surface area contributed by atoms with Crippen molar-refractivity contribution < 1.29 is 28.5 Å². The Kier molecular flexibility index (Phi) is 7.13. The number of nitrogens with zero attached hydrogens (tertiary/aromatic N) is 1. The molecule has 2 aliphatic heterocycles. The summed E-state index contributed by atoms with van der Waals surface area (Å²) in [5.41, 5.74) is 2.18. The molecule has 0 bridgehead atoms. The highest BCUT2D eigenvalue weighted by Gasteiger charge is 2.36. The van der Waals surface area contributed by atoms with Gasteiger partial charge in [0, 0.05) is 21.1 Å². The molecule has 3 aromatic rings. The van der Waals surface area contributed by atoms with Crippen molar-refractivity contribution in [2.45, 2.75) is 13.2 Å². The Morgan fingerprint density at radius 3 is 2.61 bits per heavy atom. The topological polar surface area (TPSA) is 74.3 Å². The first-order valence-electron chi connectivity index (χ1n) is 10.8. The smallest absolute Gasteiger partial charge is 0.293 e. The quantitative estimate of drug-likeness (QED) is 0.286. The van der Waals surface area contributed by atoms with Gasteiger partial charge < -0.3 is 18.9 Å². The van der Waals surface area contributed by atoms with Gasteiger partial charge in [-0.25, -0.2) is 0 Å². The lowest BCUT2D eigenvalue weighted by Gasteiger charge is -2.15. The molecular formula is C26H19BrClNO6S. The van der Waals surface area contributed by atoms with Gasteiger partial charge in [-0.3, -0.25) is 14.5 Å². The van der Waals surface area contributed by atoms with Crippen LogP contribution in [0.3, 0.4) is 0 Å². The highest BCUT2D eigenvalue weighted by Crippen LogP contribution is 2.41. The van der Waals surface area contributed by atoms with E-state index < -0.39 is 5.91 Å². The molecule has 2 heterocycles. The maximum absolute atomic E-state index is 13.2. The van der Waals surface area contributed by atoms with Crippen molar-refractivity contribution in [3.05, 3.63) is 85.7 Å². The fourth-order valence-electron chi connectivity index (χ4n) is 3.73. The van der Waals surface area contributed by atoms with E-state index in [0.717, 1.165) is 26.7 Å². The van der Waals surface area contributed by atoms with E-state index in [1.54, 1.807) is 37.5 Å². The van der Waals surface area contributed by atoms with E-state index >= 15 is 0 Å². The summed E-state index contributed by atoms with van der Waals surface area (Å²) < 4.78 is 23.3. The number of ether oxygens (including phenoxy) is 4. The van der Waals surface area contributed by atoms with Gasteiger partial charge in [-0.1, -0.05) is 51.8 Å². The third-order valence-electron chi connectivity index (χ3n) is 5.56. The second-order valence-electron chi connectivity index (χ2n) is 7.86. The average Bonchev–Trinajstić information content (AvgIpc) is 3.43. The van der Waals surface area contributed by atoms with Crippen molar-refractivity contribution >= 4 is 56.5 Å². The number of methoxy groups -OCH3 is 1. The Morgan fingerprint density at radius 1 is 1.11 bits per heavy atom. The van der Waals surface area contributed by atoms with E-state index in [1.807, 2.05) is 30.3 Å². The zero-order chi connectivity index (χ0) is 25.2. The number of imide groups is 1. The molecule has 0 atom stereocenters. The first kappa shape index (κ1) is 24.5. The fourth-order valence-corrected chi connectivity index (χ4v) is 5.03. The van der Waals surface area contributed by atoms with E-state index in [9.17, 15) is 9.59 Å². The van der Waals surface area contributed by atoms with Crippen molar-refractivity contribution in [3.63, 3.8) is 0 Å². The first-order valence-corrected chi connectivity index (χ1v) is 12.8. The third-order valence-corrected chi connectivity index (χ3v) is 7.34. The Hall–Kier alpha value is -3.14. The van der Waals surface area contributed by atoms with Crippen LogP contribution >= 0.6 is 39.3 Å². The average molecular weight is 589 g/mol. The van der Waals surface area contributed by atoms with Crippen LogP contribution in [0.25, 0.3) is 6.08 Å². The molecule has 0 spiro atoms. The summed E-state index contributed by atoms with van der Waals surface area (Å²) in [7, 11) is 1.55. The molecule has 0 aliphatic carbocycles. The van der Waals surface area contributed by atoms with Gasteiger partial charge in [0.2, 0.25) is 6.79 Å². The van der Waals surface area contributed by atoms with Crippen molar-refractivity contribution in [3.8, 4) is 23.0 Å². The van der Waals surface area contributed by atoms with Gasteiger partial charge in [-0.15, -0.1) is 0 Å². The molecule has 1 saturated heterocycles. The van der Waals surface area contributed by atoms with Gasteiger partial charge in [0.1, 0.15) is 6.61 Å². The molecule has 0 aromatic heterocycles. The first-order chi connectivity index (χ1) is 17.4. The maximum Gasteiger partial charge on any atom is 0.293 e. The molecule has 184 valence electrons. The van der Waals surface area contributed by atoms with Gasteiger partial charge in [0.25, 0.3) is 11.1 Å². The molecule has 3 aromatic carbocycles. The van der Waals surface area contributed by atoms with Gasteiger partial charge in [0.05, 0.1) is 18.6 Å². The van der Waals surface area contributed by atoms with Crippen molar-refractivity contribution in [1.82, 2.24) is 4.90 Å². The zero-order valence-electron chi connectivity index (χ0n) is 19.0. The normalized spacial score (nSPS) is 15.6. The monoisotopic (exact) mass is 587 g/mol. The number of thioether (sulfide) groups is 1. The second kappa shape index (κ2) is 10.5. The lowest BCUT2D eigenvalue weighted by molar-refractivity contribution is -0.123. The minimum Gasteiger partial charge on any atom is -0.493 e. The van der Waals surface area contributed by atoms with Crippen molar-refractivity contribution in [2.75, 3.05) is 13.9 Å². The van der Waals surface area contributed by atoms with E-state index in [1.165, 1.54) is 0 Å². The van der Waals surface area contributed by atoms with E-state index in [2.05, 4.69) is 15.9 Å². The molecule has 7 nitrogen and oxygen atoms in total. The highest BCUT2D eigenvalue weighted by molar-refractivity contribution is 9.10. The summed E-state index contributed by atoms with van der Waals surface area (Å²) in [5.74, 6) is 1.65. The summed E-state index contributed by atoms with van der Waals surface area (Å²) in [6, 6.07) is 16.5. The van der Waals surface area contributed by atoms with Gasteiger partial charge in [-0.2, -0.15) is 0 Å². The summed E-state index contributed by atoms with van der Waals surface area (Å²) in [5, 5.41) is -0.00101. The SMILES string of the molecule is COc1cccc(/C=C2\SC(=O)N(Cc3cc4c(cc3Cl)OCO4)C2=O)c1OCc1ccc(Br)cc1. The van der Waals surface area contributed by atoms with E-state index in [-0.39, 0.29) is 23.5 Å². The van der Waals surface area contributed by atoms with Crippen molar-refractivity contribution in [2.24, 2.45) is 0 Å². The molecule has 5 rings (SSSR count). The lowest BCUT2D eigenvalue weighted by Crippen LogP contribution is -2.27. The molecule has 1 fully saturated rings. The van der Waals surface area contributed by atoms with Crippen LogP contribution in [0.4, 0.5) is 4.79 Å². The number of fused-ring (bicyclic) bond motifs is 1. The minimum atomic E-state index is -0.416. The zero-order valence-corrected chi connectivity index (χ0v) is 22.1. The molecule has 0 N–H and O–H groups in total. The maximum atomic E-state index is 13.2.